The number of nitrogens with two attached hydrogens (primary N) is 2. The van der Waals surface area contributed by atoms with Crippen molar-refractivity contribution in [3.05, 3.63) is 24.3 Å². The monoisotopic (exact) mass is 212 g/mol. The van der Waals surface area contributed by atoms with Crippen molar-refractivity contribution in [1.82, 2.24) is 0 Å². The molecule has 0 spiro atoms. The standard InChI is InChI=1S/C10H16N2O3/c11-8-1-3-9(4-2-8)15-10(12,7-14)5-6-13/h1-4,13-14H,5-7,11-12H2. The number of ether oxygens (including phenoxy) is 1. The Labute approximate surface area is 88.3 Å². The molecule has 84 valence electrons. The second kappa shape index (κ2) is 4.97. The first-order valence-electron chi connectivity index (χ1n) is 4.65. The zero-order valence-corrected chi connectivity index (χ0v) is 8.39. The Morgan fingerprint density at radius 3 is 2.27 bits per heavy atom. The Hall–Kier alpha value is -1.30. The van der Waals surface area contributed by atoms with Gasteiger partial charge in [0.05, 0.1) is 6.61 Å². The summed E-state index contributed by atoms with van der Waals surface area (Å²) in [6, 6.07) is 6.66. The average Bonchev–Trinajstić information content (AvgIpc) is 2.22. The van der Waals surface area contributed by atoms with Gasteiger partial charge >= 0.3 is 0 Å². The third-order valence-electron chi connectivity index (χ3n) is 2.00. The molecule has 0 saturated carbocycles. The smallest absolute Gasteiger partial charge is 0.183 e. The second-order valence-corrected chi connectivity index (χ2v) is 3.37. The molecule has 1 aromatic rings. The predicted octanol–water partition coefficient (Wildman–Crippen LogP) is -0.323. The molecule has 0 aromatic heterocycles. The lowest BCUT2D eigenvalue weighted by Crippen LogP contribution is -2.50. The van der Waals surface area contributed by atoms with E-state index < -0.39 is 5.72 Å². The van der Waals surface area contributed by atoms with Crippen LogP contribution in [0.3, 0.4) is 0 Å². The average molecular weight is 212 g/mol. The molecule has 1 rings (SSSR count). The van der Waals surface area contributed by atoms with E-state index >= 15 is 0 Å². The predicted molar refractivity (Wildman–Crippen MR) is 57.2 cm³/mol. The van der Waals surface area contributed by atoms with Crippen molar-refractivity contribution in [2.24, 2.45) is 5.73 Å². The maximum atomic E-state index is 9.05. The lowest BCUT2D eigenvalue weighted by Gasteiger charge is -2.27. The Kier molecular flexibility index (Phi) is 3.90. The highest BCUT2D eigenvalue weighted by Crippen LogP contribution is 2.18. The van der Waals surface area contributed by atoms with E-state index in [4.69, 9.17) is 26.4 Å². The first-order valence-corrected chi connectivity index (χ1v) is 4.65. The molecular formula is C10H16N2O3. The van der Waals surface area contributed by atoms with Crippen LogP contribution in [0.2, 0.25) is 0 Å². The Morgan fingerprint density at radius 2 is 1.80 bits per heavy atom. The number of benzene rings is 1. The van der Waals surface area contributed by atoms with Crippen LogP contribution in [-0.4, -0.2) is 29.2 Å². The molecule has 6 N–H and O–H groups in total. The van der Waals surface area contributed by atoms with Crippen molar-refractivity contribution < 1.29 is 14.9 Å². The highest BCUT2D eigenvalue weighted by atomic mass is 16.5. The number of anilines is 1. The summed E-state index contributed by atoms with van der Waals surface area (Å²) in [6.07, 6.45) is 0.161. The minimum atomic E-state index is -1.25. The topological polar surface area (TPSA) is 102 Å². The first kappa shape index (κ1) is 11.8. The molecular weight excluding hydrogens is 196 g/mol. The van der Waals surface area contributed by atoms with Crippen LogP contribution in [0.4, 0.5) is 5.69 Å². The maximum absolute atomic E-state index is 9.05. The third-order valence-corrected chi connectivity index (χ3v) is 2.00. The summed E-state index contributed by atoms with van der Waals surface area (Å²) in [5.74, 6) is 0.509. The lowest BCUT2D eigenvalue weighted by atomic mass is 10.2. The van der Waals surface area contributed by atoms with Crippen LogP contribution in [0.5, 0.6) is 5.75 Å². The summed E-state index contributed by atoms with van der Waals surface area (Å²) in [6.45, 7) is -0.510. The fourth-order valence-electron chi connectivity index (χ4n) is 1.12. The highest BCUT2D eigenvalue weighted by Gasteiger charge is 2.25. The number of hydrogen-bond acceptors (Lipinski definition) is 5. The first-order chi connectivity index (χ1) is 7.09. The zero-order valence-electron chi connectivity index (χ0n) is 8.39. The van der Waals surface area contributed by atoms with E-state index in [1.54, 1.807) is 24.3 Å². The molecule has 5 nitrogen and oxygen atoms in total. The van der Waals surface area contributed by atoms with Gasteiger partial charge in [-0.3, -0.25) is 5.73 Å². The van der Waals surface area contributed by atoms with Crippen molar-refractivity contribution >= 4 is 5.69 Å². The van der Waals surface area contributed by atoms with E-state index in [2.05, 4.69) is 0 Å². The van der Waals surface area contributed by atoms with Crippen LogP contribution >= 0.6 is 0 Å². The van der Waals surface area contributed by atoms with Crippen LogP contribution in [0.1, 0.15) is 6.42 Å². The van der Waals surface area contributed by atoms with E-state index in [-0.39, 0.29) is 19.6 Å². The third kappa shape index (κ3) is 3.39. The summed E-state index contributed by atoms with van der Waals surface area (Å²) in [5, 5.41) is 17.8. The molecule has 1 atom stereocenters. The number of rotatable bonds is 5. The molecule has 0 amide bonds. The van der Waals surface area contributed by atoms with Gasteiger partial charge < -0.3 is 20.7 Å². The summed E-state index contributed by atoms with van der Waals surface area (Å²) in [7, 11) is 0. The van der Waals surface area contributed by atoms with Crippen LogP contribution < -0.4 is 16.2 Å². The van der Waals surface area contributed by atoms with Gasteiger partial charge in [-0.25, -0.2) is 0 Å². The Bertz CT molecular complexity index is 302. The zero-order chi connectivity index (χ0) is 11.3. The van der Waals surface area contributed by atoms with Gasteiger partial charge in [-0.2, -0.15) is 0 Å². The number of aliphatic hydroxyl groups excluding tert-OH is 2. The summed E-state index contributed by atoms with van der Waals surface area (Å²) in [5.41, 5.74) is 10.6. The molecule has 0 aliphatic carbocycles. The summed E-state index contributed by atoms with van der Waals surface area (Å²) >= 11 is 0. The van der Waals surface area contributed by atoms with Crippen molar-refractivity contribution in [1.29, 1.82) is 0 Å². The minimum absolute atomic E-state index is 0.147. The largest absolute Gasteiger partial charge is 0.470 e. The van der Waals surface area contributed by atoms with Gasteiger partial charge in [0.1, 0.15) is 5.75 Å². The quantitative estimate of drug-likeness (QED) is 0.395. The van der Waals surface area contributed by atoms with E-state index in [1.807, 2.05) is 0 Å². The van der Waals surface area contributed by atoms with Crippen molar-refractivity contribution in [3.8, 4) is 5.75 Å². The molecule has 0 aliphatic rings. The van der Waals surface area contributed by atoms with Gasteiger partial charge in [0.15, 0.2) is 5.72 Å². The fourth-order valence-corrected chi connectivity index (χ4v) is 1.12. The molecule has 0 fully saturated rings. The van der Waals surface area contributed by atoms with Gasteiger partial charge in [-0.05, 0) is 24.3 Å². The lowest BCUT2D eigenvalue weighted by molar-refractivity contribution is -0.00459. The Morgan fingerprint density at radius 1 is 1.20 bits per heavy atom. The Balaban J connectivity index is 2.70. The molecule has 0 heterocycles. The molecule has 15 heavy (non-hydrogen) atoms. The van der Waals surface area contributed by atoms with Crippen LogP contribution in [-0.2, 0) is 0 Å². The molecule has 0 aliphatic heterocycles. The van der Waals surface area contributed by atoms with Crippen LogP contribution in [0.15, 0.2) is 24.3 Å². The molecule has 1 aromatic carbocycles. The summed E-state index contributed by atoms with van der Waals surface area (Å²) < 4.78 is 5.36. The van der Waals surface area contributed by atoms with E-state index in [1.165, 1.54) is 0 Å². The van der Waals surface area contributed by atoms with Crippen LogP contribution in [0.25, 0.3) is 0 Å². The second-order valence-electron chi connectivity index (χ2n) is 3.37. The van der Waals surface area contributed by atoms with Gasteiger partial charge in [0, 0.05) is 18.7 Å². The molecule has 1 unspecified atom stereocenters. The van der Waals surface area contributed by atoms with Crippen LogP contribution in [0, 0.1) is 0 Å². The van der Waals surface area contributed by atoms with E-state index in [9.17, 15) is 0 Å². The maximum Gasteiger partial charge on any atom is 0.183 e. The number of nitrogen functional groups attached to an aromatic ring is 1. The van der Waals surface area contributed by atoms with E-state index in [0.29, 0.717) is 11.4 Å². The summed E-state index contributed by atoms with van der Waals surface area (Å²) in [4.78, 5) is 0. The van der Waals surface area contributed by atoms with Crippen molar-refractivity contribution in [3.63, 3.8) is 0 Å². The van der Waals surface area contributed by atoms with Crippen molar-refractivity contribution in [2.45, 2.75) is 12.1 Å². The number of hydrogen-bond donors (Lipinski definition) is 4. The highest BCUT2D eigenvalue weighted by molar-refractivity contribution is 5.41. The molecule has 0 radical (unpaired) electrons. The molecule has 0 saturated heterocycles. The van der Waals surface area contributed by atoms with E-state index in [0.717, 1.165) is 0 Å². The minimum Gasteiger partial charge on any atom is -0.470 e. The normalized spacial score (nSPS) is 14.6. The van der Waals surface area contributed by atoms with Gasteiger partial charge in [0.2, 0.25) is 0 Å². The van der Waals surface area contributed by atoms with Crippen molar-refractivity contribution in [2.75, 3.05) is 18.9 Å². The van der Waals surface area contributed by atoms with Gasteiger partial charge in [-0.15, -0.1) is 0 Å². The molecule has 0 bridgehead atoms. The fraction of sp³-hybridized carbons (Fsp3) is 0.400. The number of aliphatic hydroxyl groups is 2. The molecule has 5 heteroatoms. The van der Waals surface area contributed by atoms with Gasteiger partial charge in [0.25, 0.3) is 0 Å². The SMILES string of the molecule is Nc1ccc(OC(N)(CO)CCO)cc1. The van der Waals surface area contributed by atoms with Gasteiger partial charge in [-0.1, -0.05) is 0 Å².